The highest BCUT2D eigenvalue weighted by molar-refractivity contribution is 6.30. The van der Waals surface area contributed by atoms with Crippen LogP contribution in [0.4, 0.5) is 0 Å². The molecule has 1 atom stereocenters. The average Bonchev–Trinajstić information content (AvgIpc) is 2.46. The van der Waals surface area contributed by atoms with Crippen molar-refractivity contribution in [2.45, 2.75) is 39.0 Å². The lowest BCUT2D eigenvalue weighted by Crippen LogP contribution is -2.36. The first-order valence-electron chi connectivity index (χ1n) is 7.59. The molecule has 1 unspecified atom stereocenters. The molecule has 3 heteroatoms. The van der Waals surface area contributed by atoms with Gasteiger partial charge >= 0.3 is 0 Å². The van der Waals surface area contributed by atoms with Crippen LogP contribution in [-0.4, -0.2) is 30.3 Å². The van der Waals surface area contributed by atoms with Gasteiger partial charge in [-0.2, -0.15) is 0 Å². The van der Waals surface area contributed by atoms with E-state index in [1.165, 1.54) is 19.3 Å². The standard InChI is InChI=1S/C17H24ClNO/c1-13(2)17(20)16(12-19-10-4-3-5-11-19)14-6-8-15(18)9-7-14/h6-9,13,16H,3-5,10-12H2,1-2H3. The number of hydrogen-bond donors (Lipinski definition) is 0. The minimum atomic E-state index is -0.0228. The Labute approximate surface area is 127 Å². The molecular weight excluding hydrogens is 270 g/mol. The fourth-order valence-electron chi connectivity index (χ4n) is 2.86. The molecule has 1 aromatic rings. The molecule has 1 heterocycles. The predicted octanol–water partition coefficient (Wildman–Crippen LogP) is 4.13. The number of nitrogens with zero attached hydrogens (tertiary/aromatic N) is 1. The van der Waals surface area contributed by atoms with E-state index in [4.69, 9.17) is 11.6 Å². The monoisotopic (exact) mass is 293 g/mol. The molecule has 1 aromatic carbocycles. The van der Waals surface area contributed by atoms with E-state index < -0.39 is 0 Å². The third-order valence-corrected chi connectivity index (χ3v) is 4.33. The van der Waals surface area contributed by atoms with Crippen LogP contribution >= 0.6 is 11.6 Å². The van der Waals surface area contributed by atoms with Crippen LogP contribution in [0.5, 0.6) is 0 Å². The zero-order valence-corrected chi connectivity index (χ0v) is 13.2. The van der Waals surface area contributed by atoms with E-state index in [0.717, 1.165) is 30.2 Å². The Bertz CT molecular complexity index is 435. The molecule has 0 aromatic heterocycles. The summed E-state index contributed by atoms with van der Waals surface area (Å²) in [7, 11) is 0. The maximum absolute atomic E-state index is 12.5. The summed E-state index contributed by atoms with van der Waals surface area (Å²) < 4.78 is 0. The van der Waals surface area contributed by atoms with Gasteiger partial charge in [0.15, 0.2) is 0 Å². The molecule has 0 saturated carbocycles. The summed E-state index contributed by atoms with van der Waals surface area (Å²) in [5.74, 6) is 0.378. The average molecular weight is 294 g/mol. The number of likely N-dealkylation sites (tertiary alicyclic amines) is 1. The SMILES string of the molecule is CC(C)C(=O)C(CN1CCCCC1)c1ccc(Cl)cc1. The maximum Gasteiger partial charge on any atom is 0.144 e. The van der Waals surface area contributed by atoms with Crippen LogP contribution in [0.3, 0.4) is 0 Å². The van der Waals surface area contributed by atoms with Gasteiger partial charge in [0.25, 0.3) is 0 Å². The molecule has 1 aliphatic rings. The molecule has 20 heavy (non-hydrogen) atoms. The van der Waals surface area contributed by atoms with Gasteiger partial charge in [-0.25, -0.2) is 0 Å². The van der Waals surface area contributed by atoms with Crippen molar-refractivity contribution in [1.82, 2.24) is 4.90 Å². The van der Waals surface area contributed by atoms with Crippen molar-refractivity contribution in [2.75, 3.05) is 19.6 Å². The second kappa shape index (κ2) is 7.24. The maximum atomic E-state index is 12.5. The number of halogens is 1. The third kappa shape index (κ3) is 4.07. The minimum absolute atomic E-state index is 0.0228. The first-order valence-corrected chi connectivity index (χ1v) is 7.97. The lowest BCUT2D eigenvalue weighted by Gasteiger charge is -2.30. The third-order valence-electron chi connectivity index (χ3n) is 4.07. The molecule has 1 fully saturated rings. The predicted molar refractivity (Wildman–Crippen MR) is 84.3 cm³/mol. The molecule has 0 N–H and O–H groups in total. The molecule has 2 nitrogen and oxygen atoms in total. The van der Waals surface area contributed by atoms with Gasteiger partial charge < -0.3 is 4.90 Å². The van der Waals surface area contributed by atoms with E-state index in [2.05, 4.69) is 4.90 Å². The van der Waals surface area contributed by atoms with E-state index in [0.29, 0.717) is 5.78 Å². The van der Waals surface area contributed by atoms with Crippen LogP contribution in [0, 0.1) is 5.92 Å². The number of carbonyl (C=O) groups excluding carboxylic acids is 1. The Morgan fingerprint density at radius 1 is 1.15 bits per heavy atom. The largest absolute Gasteiger partial charge is 0.302 e. The Kier molecular flexibility index (Phi) is 5.62. The van der Waals surface area contributed by atoms with Gasteiger partial charge in [0.05, 0.1) is 5.92 Å². The Morgan fingerprint density at radius 3 is 2.30 bits per heavy atom. The van der Waals surface area contributed by atoms with Crippen LogP contribution in [0.2, 0.25) is 5.02 Å². The number of rotatable bonds is 5. The van der Waals surface area contributed by atoms with Crippen molar-refractivity contribution in [3.8, 4) is 0 Å². The molecule has 1 saturated heterocycles. The molecular formula is C17H24ClNO. The number of hydrogen-bond acceptors (Lipinski definition) is 2. The van der Waals surface area contributed by atoms with Crippen molar-refractivity contribution < 1.29 is 4.79 Å². The summed E-state index contributed by atoms with van der Waals surface area (Å²) in [5.41, 5.74) is 1.10. The van der Waals surface area contributed by atoms with Crippen molar-refractivity contribution in [1.29, 1.82) is 0 Å². The van der Waals surface area contributed by atoms with Gasteiger partial charge in [-0.05, 0) is 43.6 Å². The van der Waals surface area contributed by atoms with Gasteiger partial charge in [-0.3, -0.25) is 4.79 Å². The highest BCUT2D eigenvalue weighted by Gasteiger charge is 2.26. The van der Waals surface area contributed by atoms with Crippen LogP contribution in [0.15, 0.2) is 24.3 Å². The van der Waals surface area contributed by atoms with Gasteiger partial charge in [0, 0.05) is 17.5 Å². The van der Waals surface area contributed by atoms with E-state index in [1.807, 2.05) is 38.1 Å². The molecule has 110 valence electrons. The normalized spacial score (nSPS) is 18.2. The van der Waals surface area contributed by atoms with E-state index in [9.17, 15) is 4.79 Å². The van der Waals surface area contributed by atoms with Gasteiger partial charge in [0.1, 0.15) is 5.78 Å². The zero-order valence-electron chi connectivity index (χ0n) is 12.4. The molecule has 2 rings (SSSR count). The Morgan fingerprint density at radius 2 is 1.75 bits per heavy atom. The van der Waals surface area contributed by atoms with Crippen LogP contribution in [0.1, 0.15) is 44.6 Å². The van der Waals surface area contributed by atoms with Crippen LogP contribution in [-0.2, 0) is 4.79 Å². The summed E-state index contributed by atoms with van der Waals surface area (Å²) >= 11 is 5.96. The summed E-state index contributed by atoms with van der Waals surface area (Å²) in [6.07, 6.45) is 3.83. The van der Waals surface area contributed by atoms with Crippen molar-refractivity contribution in [3.05, 3.63) is 34.9 Å². The highest BCUT2D eigenvalue weighted by atomic mass is 35.5. The quantitative estimate of drug-likeness (QED) is 0.813. The first-order chi connectivity index (χ1) is 9.58. The number of ketones is 1. The summed E-state index contributed by atoms with van der Waals surface area (Å²) in [5, 5.41) is 0.725. The second-order valence-corrected chi connectivity index (χ2v) is 6.46. The molecule has 0 aliphatic carbocycles. The van der Waals surface area contributed by atoms with Crippen molar-refractivity contribution in [2.24, 2.45) is 5.92 Å². The number of carbonyl (C=O) groups is 1. The fourth-order valence-corrected chi connectivity index (χ4v) is 2.98. The van der Waals surface area contributed by atoms with E-state index >= 15 is 0 Å². The smallest absolute Gasteiger partial charge is 0.144 e. The number of piperidine rings is 1. The molecule has 0 amide bonds. The van der Waals surface area contributed by atoms with Gasteiger partial charge in [-0.15, -0.1) is 0 Å². The zero-order chi connectivity index (χ0) is 14.5. The summed E-state index contributed by atoms with van der Waals surface area (Å²) in [4.78, 5) is 15.0. The van der Waals surface area contributed by atoms with E-state index in [-0.39, 0.29) is 11.8 Å². The van der Waals surface area contributed by atoms with Gasteiger partial charge in [-0.1, -0.05) is 44.0 Å². The number of Topliss-reactive ketones (excluding diaryl/α,β-unsaturated/α-hetero) is 1. The fraction of sp³-hybridized carbons (Fsp3) is 0.588. The topological polar surface area (TPSA) is 20.3 Å². The Hall–Kier alpha value is -0.860. The van der Waals surface area contributed by atoms with Crippen molar-refractivity contribution >= 4 is 17.4 Å². The minimum Gasteiger partial charge on any atom is -0.302 e. The van der Waals surface area contributed by atoms with Crippen LogP contribution < -0.4 is 0 Å². The molecule has 0 radical (unpaired) electrons. The van der Waals surface area contributed by atoms with Gasteiger partial charge in [0.2, 0.25) is 0 Å². The molecule has 0 spiro atoms. The highest BCUT2D eigenvalue weighted by Crippen LogP contribution is 2.25. The second-order valence-electron chi connectivity index (χ2n) is 6.02. The molecule has 1 aliphatic heterocycles. The van der Waals surface area contributed by atoms with Crippen molar-refractivity contribution in [3.63, 3.8) is 0 Å². The number of benzene rings is 1. The Balaban J connectivity index is 2.15. The summed E-state index contributed by atoms with van der Waals surface area (Å²) in [6, 6.07) is 7.76. The van der Waals surface area contributed by atoms with Crippen LogP contribution in [0.25, 0.3) is 0 Å². The van der Waals surface area contributed by atoms with E-state index in [1.54, 1.807) is 0 Å². The summed E-state index contributed by atoms with van der Waals surface area (Å²) in [6.45, 7) is 7.06. The lowest BCUT2D eigenvalue weighted by molar-refractivity contribution is -0.123. The molecule has 0 bridgehead atoms. The first kappa shape index (κ1) is 15.5. The lowest BCUT2D eigenvalue weighted by atomic mass is 9.88.